The molecule has 0 aliphatic heterocycles. The molecule has 2 aromatic rings. The van der Waals surface area contributed by atoms with Crippen molar-refractivity contribution in [3.05, 3.63) is 89.0 Å². The van der Waals surface area contributed by atoms with Crippen molar-refractivity contribution in [2.45, 2.75) is 145 Å². The Morgan fingerprint density at radius 3 is 2.02 bits per heavy atom. The summed E-state index contributed by atoms with van der Waals surface area (Å²) in [5.41, 5.74) is 15.1. The molecule has 1 saturated carbocycles. The van der Waals surface area contributed by atoms with Crippen molar-refractivity contribution < 1.29 is 0 Å². The lowest BCUT2D eigenvalue weighted by Gasteiger charge is -2.18. The van der Waals surface area contributed by atoms with E-state index in [2.05, 4.69) is 95.7 Å². The van der Waals surface area contributed by atoms with Crippen LogP contribution in [0.15, 0.2) is 66.8 Å². The Hall–Kier alpha value is -2.72. The van der Waals surface area contributed by atoms with Gasteiger partial charge in [-0.3, -0.25) is 0 Å². The van der Waals surface area contributed by atoms with Crippen molar-refractivity contribution in [3.8, 4) is 12.3 Å². The highest BCUT2D eigenvalue weighted by molar-refractivity contribution is 5.57. The molecule has 3 rings (SSSR count). The zero-order chi connectivity index (χ0) is 32.3. The third-order valence-electron chi connectivity index (χ3n) is 7.50. The molecule has 0 unspecified atom stereocenters. The molecular formula is C41H67N. The van der Waals surface area contributed by atoms with Crippen molar-refractivity contribution in [2.24, 2.45) is 5.92 Å². The number of nitrogen functional groups attached to an aromatic ring is 1. The van der Waals surface area contributed by atoms with Crippen LogP contribution in [0.5, 0.6) is 0 Å². The first-order chi connectivity index (χ1) is 20.2. The number of anilines is 1. The van der Waals surface area contributed by atoms with Gasteiger partial charge in [0.2, 0.25) is 0 Å². The first kappa shape index (κ1) is 41.4. The van der Waals surface area contributed by atoms with Gasteiger partial charge in [0.25, 0.3) is 0 Å². The summed E-state index contributed by atoms with van der Waals surface area (Å²) < 4.78 is 0. The highest BCUT2D eigenvalue weighted by Gasteiger charge is 2.16. The minimum Gasteiger partial charge on any atom is -0.398 e. The Morgan fingerprint density at radius 1 is 0.952 bits per heavy atom. The van der Waals surface area contributed by atoms with Gasteiger partial charge in [-0.25, -0.2) is 0 Å². The van der Waals surface area contributed by atoms with E-state index >= 15 is 0 Å². The highest BCUT2D eigenvalue weighted by atomic mass is 14.6. The zero-order valence-corrected chi connectivity index (χ0v) is 29.3. The molecule has 42 heavy (non-hydrogen) atoms. The van der Waals surface area contributed by atoms with Crippen molar-refractivity contribution in [2.75, 3.05) is 5.73 Å². The molecule has 0 amide bonds. The fraction of sp³-hybridized carbons (Fsp3) is 0.561. The molecule has 2 aromatic carbocycles. The quantitative estimate of drug-likeness (QED) is 0.152. The second-order valence-corrected chi connectivity index (χ2v) is 11.3. The summed E-state index contributed by atoms with van der Waals surface area (Å²) in [5.74, 6) is 3.96. The molecule has 1 heteroatoms. The summed E-state index contributed by atoms with van der Waals surface area (Å²) in [4.78, 5) is 0. The van der Waals surface area contributed by atoms with Gasteiger partial charge in [-0.2, -0.15) is 0 Å². The van der Waals surface area contributed by atoms with Crippen molar-refractivity contribution in [1.29, 1.82) is 0 Å². The van der Waals surface area contributed by atoms with Gasteiger partial charge in [-0.1, -0.05) is 133 Å². The van der Waals surface area contributed by atoms with Gasteiger partial charge in [0.1, 0.15) is 0 Å². The van der Waals surface area contributed by atoms with Crippen LogP contribution in [-0.2, 0) is 12.8 Å². The van der Waals surface area contributed by atoms with Crippen LogP contribution < -0.4 is 5.73 Å². The van der Waals surface area contributed by atoms with Crippen LogP contribution in [0.3, 0.4) is 0 Å². The number of rotatable bonds is 12. The number of benzene rings is 2. The van der Waals surface area contributed by atoms with Crippen molar-refractivity contribution >= 4 is 5.69 Å². The lowest BCUT2D eigenvalue weighted by atomic mass is 9.87. The Balaban J connectivity index is 0. The number of terminal acetylenes is 1. The van der Waals surface area contributed by atoms with Crippen molar-refractivity contribution in [3.63, 3.8) is 0 Å². The number of hydrogen-bond acceptors (Lipinski definition) is 1. The molecule has 236 valence electrons. The maximum absolute atomic E-state index is 6.17. The van der Waals surface area contributed by atoms with Gasteiger partial charge in [0, 0.05) is 5.69 Å². The topological polar surface area (TPSA) is 26.0 Å². The Labute approximate surface area is 263 Å². The molecule has 0 saturated heterocycles. The smallest absolute Gasteiger partial charge is 0.0379 e. The molecule has 0 radical (unpaired) electrons. The minimum atomic E-state index is 0.681. The summed E-state index contributed by atoms with van der Waals surface area (Å²) in [6.45, 7) is 26.2. The normalized spacial score (nSPS) is 12.4. The van der Waals surface area contributed by atoms with Gasteiger partial charge in [-0.05, 0) is 93.9 Å². The highest BCUT2D eigenvalue weighted by Crippen LogP contribution is 2.33. The van der Waals surface area contributed by atoms with Gasteiger partial charge in [-0.15, -0.1) is 25.5 Å². The van der Waals surface area contributed by atoms with E-state index in [0.29, 0.717) is 5.92 Å². The summed E-state index contributed by atoms with van der Waals surface area (Å²) in [6.07, 6.45) is 20.2. The molecule has 0 aromatic heterocycles. The first-order valence-electron chi connectivity index (χ1n) is 16.8. The zero-order valence-electron chi connectivity index (χ0n) is 29.3. The monoisotopic (exact) mass is 574 g/mol. The van der Waals surface area contributed by atoms with Gasteiger partial charge in [0.05, 0.1) is 0 Å². The molecule has 0 spiro atoms. The Kier molecular flexibility index (Phi) is 26.8. The van der Waals surface area contributed by atoms with E-state index in [1.54, 1.807) is 6.92 Å². The average molecular weight is 574 g/mol. The van der Waals surface area contributed by atoms with Gasteiger partial charge in [0.15, 0.2) is 0 Å². The SMILES string of the molecule is C#CC.C=C(C)CCc1c(CCC)ccc(C)c1N.C=C(C)C[C@@H](CCCC1CCCC1)c1ccccc1.CC.CC. The van der Waals surface area contributed by atoms with Crippen LogP contribution in [0.1, 0.15) is 148 Å². The van der Waals surface area contributed by atoms with E-state index in [1.807, 2.05) is 27.7 Å². The number of hydrogen-bond donors (Lipinski definition) is 1. The second kappa shape index (κ2) is 27.1. The molecule has 2 N–H and O–H groups in total. The summed E-state index contributed by atoms with van der Waals surface area (Å²) >= 11 is 0. The van der Waals surface area contributed by atoms with Crippen LogP contribution in [0.25, 0.3) is 0 Å². The Morgan fingerprint density at radius 2 is 1.52 bits per heavy atom. The standard InChI is InChI=1S/C19H28.C15H23N.C3H4.2C2H6/c1-16(2)15-19(18-12-4-3-5-13-18)14-8-11-17-9-6-7-10-17;1-5-6-13-9-8-12(4)15(16)14(13)10-7-11(2)3;1-3-2;2*1-2/h3-5,12-13,17,19H,1,6-11,14-15H2,2H3;8-9H,2,5-7,10,16H2,1,3-4H3;1H,2H3;2*1-2H3/t19-;;;;/m1..../s1. The molecule has 1 aliphatic rings. The molecule has 1 atom stereocenters. The van der Waals surface area contributed by atoms with E-state index in [1.165, 1.54) is 84.8 Å². The number of allylic oxidation sites excluding steroid dienone is 2. The number of nitrogens with two attached hydrogens (primary N) is 1. The summed E-state index contributed by atoms with van der Waals surface area (Å²) in [5, 5.41) is 0. The number of aryl methyl sites for hydroxylation is 2. The van der Waals surface area contributed by atoms with Crippen LogP contribution in [0.4, 0.5) is 5.69 Å². The van der Waals surface area contributed by atoms with Crippen LogP contribution in [-0.4, -0.2) is 0 Å². The molecule has 1 aliphatic carbocycles. The average Bonchev–Trinajstić information content (AvgIpc) is 3.51. The van der Waals surface area contributed by atoms with Crippen LogP contribution >= 0.6 is 0 Å². The lowest BCUT2D eigenvalue weighted by molar-refractivity contribution is 0.452. The van der Waals surface area contributed by atoms with Crippen molar-refractivity contribution in [1.82, 2.24) is 0 Å². The summed E-state index contributed by atoms with van der Waals surface area (Å²) in [7, 11) is 0. The van der Waals surface area contributed by atoms with Gasteiger partial charge >= 0.3 is 0 Å². The maximum Gasteiger partial charge on any atom is 0.0379 e. The third kappa shape index (κ3) is 18.7. The maximum atomic E-state index is 6.17. The van der Waals surface area contributed by atoms with E-state index in [-0.39, 0.29) is 0 Å². The van der Waals surface area contributed by atoms with Crippen LogP contribution in [0.2, 0.25) is 0 Å². The Bertz CT molecular complexity index is 986. The van der Waals surface area contributed by atoms with E-state index in [4.69, 9.17) is 5.73 Å². The molecule has 1 fully saturated rings. The van der Waals surface area contributed by atoms with Crippen LogP contribution in [0, 0.1) is 25.2 Å². The van der Waals surface area contributed by atoms with E-state index in [0.717, 1.165) is 37.3 Å². The predicted molar refractivity (Wildman–Crippen MR) is 194 cm³/mol. The first-order valence-corrected chi connectivity index (χ1v) is 16.8. The van der Waals surface area contributed by atoms with E-state index < -0.39 is 0 Å². The minimum absolute atomic E-state index is 0.681. The van der Waals surface area contributed by atoms with Gasteiger partial charge < -0.3 is 5.73 Å². The molecule has 0 bridgehead atoms. The fourth-order valence-electron chi connectivity index (χ4n) is 5.45. The molecule has 1 nitrogen and oxygen atoms in total. The second-order valence-electron chi connectivity index (χ2n) is 11.3. The third-order valence-corrected chi connectivity index (χ3v) is 7.50. The predicted octanol–water partition coefficient (Wildman–Crippen LogP) is 12.8. The fourth-order valence-corrected chi connectivity index (χ4v) is 5.45. The molecule has 0 heterocycles. The largest absolute Gasteiger partial charge is 0.398 e. The van der Waals surface area contributed by atoms with E-state index in [9.17, 15) is 0 Å². The molecular weight excluding hydrogens is 506 g/mol. The lowest BCUT2D eigenvalue weighted by Crippen LogP contribution is -2.03. The summed E-state index contributed by atoms with van der Waals surface area (Å²) in [6, 6.07) is 15.4.